The zero-order chi connectivity index (χ0) is 16.5. The number of halogens is 2. The van der Waals surface area contributed by atoms with E-state index >= 15 is 0 Å². The average Bonchev–Trinajstić information content (AvgIpc) is 2.41. The second-order valence-corrected chi connectivity index (χ2v) is 6.47. The summed E-state index contributed by atoms with van der Waals surface area (Å²) in [5.41, 5.74) is -0.663. The minimum atomic E-state index is -4.17. The van der Waals surface area contributed by atoms with Gasteiger partial charge < -0.3 is 0 Å². The quantitative estimate of drug-likeness (QED) is 0.679. The van der Waals surface area contributed by atoms with Crippen LogP contribution < -0.4 is 4.72 Å². The lowest BCUT2D eigenvalue weighted by atomic mass is 10.2. The topological polar surface area (TPSA) is 89.3 Å². The van der Waals surface area contributed by atoms with E-state index in [-0.39, 0.29) is 26.9 Å². The molecule has 2 aromatic rings. The first-order valence-electron chi connectivity index (χ1n) is 5.94. The third-order valence-electron chi connectivity index (χ3n) is 2.92. The highest BCUT2D eigenvalue weighted by atomic mass is 35.5. The van der Waals surface area contributed by atoms with Crippen molar-refractivity contribution in [2.24, 2.45) is 0 Å². The Labute approximate surface area is 130 Å². The van der Waals surface area contributed by atoms with Crippen LogP contribution in [0.4, 0.5) is 15.8 Å². The van der Waals surface area contributed by atoms with Gasteiger partial charge in [-0.3, -0.25) is 14.8 Å². The van der Waals surface area contributed by atoms with Crippen LogP contribution in [-0.4, -0.2) is 13.3 Å². The normalized spacial score (nSPS) is 11.2. The number of hydrogen-bond donors (Lipinski definition) is 1. The maximum Gasteiger partial charge on any atom is 0.273 e. The summed E-state index contributed by atoms with van der Waals surface area (Å²) < 4.78 is 40.3. The van der Waals surface area contributed by atoms with Gasteiger partial charge in [0.15, 0.2) is 0 Å². The molecule has 0 heterocycles. The number of hydrogen-bond acceptors (Lipinski definition) is 4. The molecular weight excluding hydrogens is 335 g/mol. The zero-order valence-electron chi connectivity index (χ0n) is 11.2. The Morgan fingerprint density at radius 1 is 1.27 bits per heavy atom. The predicted molar refractivity (Wildman–Crippen MR) is 80.1 cm³/mol. The second-order valence-electron chi connectivity index (χ2n) is 4.39. The Bertz CT molecular complexity index is 855. The first-order chi connectivity index (χ1) is 10.2. The lowest BCUT2D eigenvalue weighted by Crippen LogP contribution is -2.15. The monoisotopic (exact) mass is 344 g/mol. The number of nitro benzene ring substituents is 1. The first-order valence-corrected chi connectivity index (χ1v) is 7.80. The van der Waals surface area contributed by atoms with Gasteiger partial charge >= 0.3 is 0 Å². The number of nitrogens with zero attached hydrogens (tertiary/aromatic N) is 1. The number of benzene rings is 2. The van der Waals surface area contributed by atoms with E-state index in [4.69, 9.17) is 11.6 Å². The van der Waals surface area contributed by atoms with Crippen molar-refractivity contribution < 1.29 is 17.7 Å². The molecule has 0 aromatic heterocycles. The molecule has 0 amide bonds. The van der Waals surface area contributed by atoms with Crippen molar-refractivity contribution in [2.45, 2.75) is 11.8 Å². The fraction of sp³-hybridized carbons (Fsp3) is 0.0769. The molecule has 0 aliphatic heterocycles. The van der Waals surface area contributed by atoms with Crippen molar-refractivity contribution in [1.29, 1.82) is 0 Å². The van der Waals surface area contributed by atoms with Gasteiger partial charge in [-0.2, -0.15) is 0 Å². The lowest BCUT2D eigenvalue weighted by Gasteiger charge is -2.11. The number of rotatable bonds is 4. The van der Waals surface area contributed by atoms with Crippen LogP contribution in [-0.2, 0) is 10.0 Å². The van der Waals surface area contributed by atoms with E-state index in [9.17, 15) is 22.9 Å². The van der Waals surface area contributed by atoms with Crippen LogP contribution in [0.2, 0.25) is 5.02 Å². The van der Waals surface area contributed by atoms with E-state index < -0.39 is 20.8 Å². The molecule has 0 radical (unpaired) electrons. The molecule has 6 nitrogen and oxygen atoms in total. The summed E-state index contributed by atoms with van der Waals surface area (Å²) in [6, 6.07) is 7.10. The van der Waals surface area contributed by atoms with Crippen LogP contribution in [0.3, 0.4) is 0 Å². The summed E-state index contributed by atoms with van der Waals surface area (Å²) in [7, 11) is -4.17. The summed E-state index contributed by atoms with van der Waals surface area (Å²) in [4.78, 5) is 9.89. The van der Waals surface area contributed by atoms with Gasteiger partial charge in [-0.25, -0.2) is 12.8 Å². The molecule has 0 unspecified atom stereocenters. The Kier molecular flexibility index (Phi) is 4.34. The highest BCUT2D eigenvalue weighted by molar-refractivity contribution is 7.92. The standard InChI is InChI=1S/C13H10ClFN2O4S/c1-8-12(17(18)19)3-2-4-13(8)22(20,21)16-11-6-5-9(14)7-10(11)15/h2-7,16H,1H3. The third kappa shape index (κ3) is 3.18. The molecule has 0 saturated carbocycles. The van der Waals surface area contributed by atoms with E-state index in [2.05, 4.69) is 4.72 Å². The lowest BCUT2D eigenvalue weighted by molar-refractivity contribution is -0.385. The molecule has 1 N–H and O–H groups in total. The Hall–Kier alpha value is -2.19. The molecule has 2 aromatic carbocycles. The number of sulfonamides is 1. The smallest absolute Gasteiger partial charge is 0.273 e. The molecule has 0 bridgehead atoms. The van der Waals surface area contributed by atoms with Crippen LogP contribution in [0, 0.1) is 22.9 Å². The molecule has 0 aliphatic carbocycles. The summed E-state index contributed by atoms with van der Waals surface area (Å²) in [5.74, 6) is -0.848. The molecule has 0 aliphatic rings. The Morgan fingerprint density at radius 3 is 2.55 bits per heavy atom. The van der Waals surface area contributed by atoms with Gasteiger partial charge in [-0.05, 0) is 31.2 Å². The van der Waals surface area contributed by atoms with Crippen LogP contribution in [0.5, 0.6) is 0 Å². The SMILES string of the molecule is Cc1c([N+](=O)[O-])cccc1S(=O)(=O)Nc1ccc(Cl)cc1F. The van der Waals surface area contributed by atoms with Crippen molar-refractivity contribution in [1.82, 2.24) is 0 Å². The average molecular weight is 345 g/mol. The van der Waals surface area contributed by atoms with E-state index in [1.54, 1.807) is 0 Å². The molecule has 0 fully saturated rings. The van der Waals surface area contributed by atoms with Crippen LogP contribution in [0.15, 0.2) is 41.3 Å². The van der Waals surface area contributed by atoms with Gasteiger partial charge in [0.25, 0.3) is 15.7 Å². The molecular formula is C13H10ClFN2O4S. The highest BCUT2D eigenvalue weighted by Crippen LogP contribution is 2.27. The van der Waals surface area contributed by atoms with Crippen molar-refractivity contribution in [3.05, 3.63) is 62.9 Å². The fourth-order valence-corrected chi connectivity index (χ4v) is 3.35. The van der Waals surface area contributed by atoms with Crippen molar-refractivity contribution in [2.75, 3.05) is 4.72 Å². The summed E-state index contributed by atoms with van der Waals surface area (Å²) in [5, 5.41) is 11.0. The van der Waals surface area contributed by atoms with E-state index in [0.29, 0.717) is 0 Å². The van der Waals surface area contributed by atoms with E-state index in [1.807, 2.05) is 0 Å². The van der Waals surface area contributed by atoms with Gasteiger partial charge in [0.2, 0.25) is 0 Å². The molecule has 0 atom stereocenters. The summed E-state index contributed by atoms with van der Waals surface area (Å²) in [6.07, 6.45) is 0. The zero-order valence-corrected chi connectivity index (χ0v) is 12.8. The van der Waals surface area contributed by atoms with Crippen molar-refractivity contribution in [3.63, 3.8) is 0 Å². The number of nitro groups is 1. The van der Waals surface area contributed by atoms with Crippen LogP contribution in [0.25, 0.3) is 0 Å². The van der Waals surface area contributed by atoms with Crippen molar-refractivity contribution >= 4 is 33.0 Å². The largest absolute Gasteiger partial charge is 0.277 e. The van der Waals surface area contributed by atoms with Gasteiger partial charge in [0.1, 0.15) is 5.82 Å². The number of anilines is 1. The molecule has 0 spiro atoms. The Morgan fingerprint density at radius 2 is 1.95 bits per heavy atom. The molecule has 116 valence electrons. The van der Waals surface area contributed by atoms with Gasteiger partial charge in [0, 0.05) is 16.7 Å². The van der Waals surface area contributed by atoms with Gasteiger partial charge in [-0.1, -0.05) is 17.7 Å². The van der Waals surface area contributed by atoms with Crippen molar-refractivity contribution in [3.8, 4) is 0 Å². The summed E-state index contributed by atoms with van der Waals surface area (Å²) >= 11 is 5.59. The third-order valence-corrected chi connectivity index (χ3v) is 4.66. The molecule has 22 heavy (non-hydrogen) atoms. The molecule has 2 rings (SSSR count). The number of nitrogens with one attached hydrogen (secondary N) is 1. The first kappa shape index (κ1) is 16.2. The van der Waals surface area contributed by atoms with E-state index in [1.165, 1.54) is 37.3 Å². The molecule has 9 heteroatoms. The van der Waals surface area contributed by atoms with Gasteiger partial charge in [0.05, 0.1) is 15.5 Å². The fourth-order valence-electron chi connectivity index (χ4n) is 1.86. The second kappa shape index (κ2) is 5.90. The maximum absolute atomic E-state index is 13.7. The summed E-state index contributed by atoms with van der Waals surface area (Å²) in [6.45, 7) is 1.31. The minimum Gasteiger partial charge on any atom is -0.277 e. The Balaban J connectivity index is 2.47. The maximum atomic E-state index is 13.7. The van der Waals surface area contributed by atoms with E-state index in [0.717, 1.165) is 6.07 Å². The minimum absolute atomic E-state index is 0.0330. The van der Waals surface area contributed by atoms with Crippen LogP contribution >= 0.6 is 11.6 Å². The highest BCUT2D eigenvalue weighted by Gasteiger charge is 2.23. The molecule has 0 saturated heterocycles. The predicted octanol–water partition coefficient (Wildman–Crippen LogP) is 3.50. The van der Waals surface area contributed by atoms with Gasteiger partial charge in [-0.15, -0.1) is 0 Å². The van der Waals surface area contributed by atoms with Crippen LogP contribution in [0.1, 0.15) is 5.56 Å².